The maximum atomic E-state index is 13.2. The van der Waals surface area contributed by atoms with Crippen LogP contribution in [0.15, 0.2) is 90.1 Å². The van der Waals surface area contributed by atoms with Gasteiger partial charge in [-0.05, 0) is 29.8 Å². The minimum atomic E-state index is -0.197. The fourth-order valence-corrected chi connectivity index (χ4v) is 2.92. The molecule has 0 fully saturated rings. The Kier molecular flexibility index (Phi) is 4.30. The highest BCUT2D eigenvalue weighted by atomic mass is 16.1. The summed E-state index contributed by atoms with van der Waals surface area (Å²) in [6.07, 6.45) is 5.05. The van der Waals surface area contributed by atoms with E-state index in [4.69, 9.17) is 6.57 Å². The van der Waals surface area contributed by atoms with E-state index < -0.39 is 0 Å². The van der Waals surface area contributed by atoms with Crippen molar-refractivity contribution in [2.45, 2.75) is 0 Å². The van der Waals surface area contributed by atoms with Gasteiger partial charge >= 0.3 is 0 Å². The zero-order valence-corrected chi connectivity index (χ0v) is 14.3. The summed E-state index contributed by atoms with van der Waals surface area (Å²) in [5, 5.41) is 0. The molecule has 0 saturated carbocycles. The van der Waals surface area contributed by atoms with Gasteiger partial charge in [-0.1, -0.05) is 42.5 Å². The van der Waals surface area contributed by atoms with Crippen molar-refractivity contribution in [3.8, 4) is 28.2 Å². The lowest BCUT2D eigenvalue weighted by Crippen LogP contribution is -2.20. The number of hydrogen-bond acceptors (Lipinski definition) is 3. The minimum Gasteiger partial charge on any atom is -0.283 e. The van der Waals surface area contributed by atoms with Gasteiger partial charge in [0.2, 0.25) is 0 Å². The Morgan fingerprint density at radius 2 is 1.56 bits per heavy atom. The topological polar surface area (TPSA) is 52.1 Å². The molecule has 0 saturated heterocycles. The Morgan fingerprint density at radius 1 is 0.852 bits per heavy atom. The largest absolute Gasteiger partial charge is 0.283 e. The van der Waals surface area contributed by atoms with Gasteiger partial charge in [-0.3, -0.25) is 9.36 Å². The first-order valence-electron chi connectivity index (χ1n) is 8.34. The second-order valence-corrected chi connectivity index (χ2v) is 5.85. The van der Waals surface area contributed by atoms with Crippen molar-refractivity contribution in [1.82, 2.24) is 14.5 Å². The van der Waals surface area contributed by atoms with E-state index in [9.17, 15) is 4.79 Å². The highest BCUT2D eigenvalue weighted by molar-refractivity contribution is 5.80. The lowest BCUT2D eigenvalue weighted by atomic mass is 10.0. The van der Waals surface area contributed by atoms with Crippen LogP contribution in [0.2, 0.25) is 0 Å². The first-order chi connectivity index (χ1) is 13.3. The zero-order valence-electron chi connectivity index (χ0n) is 14.3. The third-order valence-corrected chi connectivity index (χ3v) is 4.19. The number of nitrogens with zero attached hydrogens (tertiary/aromatic N) is 4. The Bertz CT molecular complexity index is 1190. The van der Waals surface area contributed by atoms with E-state index in [1.165, 1.54) is 0 Å². The van der Waals surface area contributed by atoms with E-state index in [1.54, 1.807) is 53.5 Å². The van der Waals surface area contributed by atoms with Gasteiger partial charge in [0.15, 0.2) is 11.5 Å². The lowest BCUT2D eigenvalue weighted by Gasteiger charge is -2.12. The fourth-order valence-electron chi connectivity index (χ4n) is 2.92. The molecule has 2 heterocycles. The predicted molar refractivity (Wildman–Crippen MR) is 105 cm³/mol. The molecule has 4 aromatic rings. The molecule has 0 aliphatic carbocycles. The van der Waals surface area contributed by atoms with E-state index in [0.29, 0.717) is 28.2 Å². The smallest absolute Gasteiger partial charge is 0.261 e. The molecule has 0 aliphatic rings. The highest BCUT2D eigenvalue weighted by Crippen LogP contribution is 2.30. The fraction of sp³-hybridized carbons (Fsp3) is 0. The molecule has 2 aromatic heterocycles. The van der Waals surface area contributed by atoms with Gasteiger partial charge in [0.05, 0.1) is 6.57 Å². The Labute approximate surface area is 156 Å². The standard InChI is InChI=1S/C22H14N4O/c1-23-20-11-6-5-10-18(20)19-14-16(21-24-12-7-13-25-21)15-26(22(19)27)17-8-3-2-4-9-17/h2-15H. The molecular formula is C22H14N4O. The van der Waals surface area contributed by atoms with E-state index in [1.807, 2.05) is 36.4 Å². The summed E-state index contributed by atoms with van der Waals surface area (Å²) in [6.45, 7) is 7.43. The van der Waals surface area contributed by atoms with Crippen LogP contribution in [0.1, 0.15) is 0 Å². The third kappa shape index (κ3) is 3.12. The van der Waals surface area contributed by atoms with Gasteiger partial charge in [-0.15, -0.1) is 0 Å². The van der Waals surface area contributed by atoms with Gasteiger partial charge < -0.3 is 0 Å². The Balaban J connectivity index is 2.04. The van der Waals surface area contributed by atoms with E-state index >= 15 is 0 Å². The first-order valence-corrected chi connectivity index (χ1v) is 8.34. The Morgan fingerprint density at radius 3 is 2.30 bits per heavy atom. The third-order valence-electron chi connectivity index (χ3n) is 4.19. The van der Waals surface area contributed by atoms with Crippen molar-refractivity contribution in [3.63, 3.8) is 0 Å². The van der Waals surface area contributed by atoms with Crippen LogP contribution < -0.4 is 5.56 Å². The molecule has 5 heteroatoms. The van der Waals surface area contributed by atoms with Crippen molar-refractivity contribution in [2.24, 2.45) is 0 Å². The molecule has 0 amide bonds. The first kappa shape index (κ1) is 16.4. The highest BCUT2D eigenvalue weighted by Gasteiger charge is 2.15. The van der Waals surface area contributed by atoms with Crippen molar-refractivity contribution in [3.05, 3.63) is 107 Å². The van der Waals surface area contributed by atoms with Crippen LogP contribution in [0.5, 0.6) is 0 Å². The molecule has 0 unspecified atom stereocenters. The van der Waals surface area contributed by atoms with Crippen molar-refractivity contribution < 1.29 is 0 Å². The van der Waals surface area contributed by atoms with Crippen molar-refractivity contribution in [1.29, 1.82) is 0 Å². The molecule has 2 aromatic carbocycles. The predicted octanol–water partition coefficient (Wildman–Crippen LogP) is 4.51. The summed E-state index contributed by atoms with van der Waals surface area (Å²) >= 11 is 0. The summed E-state index contributed by atoms with van der Waals surface area (Å²) < 4.78 is 1.57. The zero-order chi connectivity index (χ0) is 18.6. The SMILES string of the molecule is [C-]#[N+]c1ccccc1-c1cc(-c2ncccn2)cn(-c2ccccc2)c1=O. The number of benzene rings is 2. The molecule has 0 atom stereocenters. The molecule has 27 heavy (non-hydrogen) atoms. The molecule has 5 nitrogen and oxygen atoms in total. The van der Waals surface area contributed by atoms with Gasteiger partial charge in [0.25, 0.3) is 5.56 Å². The molecule has 0 spiro atoms. The Hall–Kier alpha value is -4.04. The van der Waals surface area contributed by atoms with Crippen LogP contribution in [0.4, 0.5) is 5.69 Å². The number of pyridine rings is 1. The molecule has 0 N–H and O–H groups in total. The quantitative estimate of drug-likeness (QED) is 0.511. The summed E-state index contributed by atoms with van der Waals surface area (Å²) in [5.74, 6) is 0.517. The van der Waals surface area contributed by atoms with Crippen LogP contribution in [0, 0.1) is 6.57 Å². The van der Waals surface area contributed by atoms with Gasteiger partial charge in [-0.2, -0.15) is 0 Å². The van der Waals surface area contributed by atoms with Crippen LogP contribution in [0.3, 0.4) is 0 Å². The minimum absolute atomic E-state index is 0.197. The molecule has 128 valence electrons. The van der Waals surface area contributed by atoms with Crippen molar-refractivity contribution >= 4 is 5.69 Å². The number of aromatic nitrogens is 3. The summed E-state index contributed by atoms with van der Waals surface area (Å²) in [6, 6.07) is 20.0. The van der Waals surface area contributed by atoms with Crippen LogP contribution in [-0.2, 0) is 0 Å². The van der Waals surface area contributed by atoms with E-state index in [2.05, 4.69) is 14.8 Å². The summed E-state index contributed by atoms with van der Waals surface area (Å²) in [4.78, 5) is 25.4. The average Bonchev–Trinajstić information content (AvgIpc) is 2.75. The number of rotatable bonds is 3. The maximum Gasteiger partial charge on any atom is 0.261 e. The van der Waals surface area contributed by atoms with E-state index in [0.717, 1.165) is 5.69 Å². The van der Waals surface area contributed by atoms with Gasteiger partial charge in [0.1, 0.15) is 0 Å². The second-order valence-electron chi connectivity index (χ2n) is 5.85. The number of hydrogen-bond donors (Lipinski definition) is 0. The normalized spacial score (nSPS) is 10.3. The van der Waals surface area contributed by atoms with Gasteiger partial charge in [0, 0.05) is 35.4 Å². The summed E-state index contributed by atoms with van der Waals surface area (Å²) in [7, 11) is 0. The molecule has 4 rings (SSSR count). The number of para-hydroxylation sites is 2. The average molecular weight is 350 g/mol. The molecule has 0 radical (unpaired) electrons. The monoisotopic (exact) mass is 350 g/mol. The van der Waals surface area contributed by atoms with Crippen molar-refractivity contribution in [2.75, 3.05) is 0 Å². The molecule has 0 aliphatic heterocycles. The maximum absolute atomic E-state index is 13.2. The van der Waals surface area contributed by atoms with E-state index in [-0.39, 0.29) is 5.56 Å². The van der Waals surface area contributed by atoms with Crippen LogP contribution in [-0.4, -0.2) is 14.5 Å². The molecule has 0 bridgehead atoms. The van der Waals surface area contributed by atoms with Gasteiger partial charge in [-0.25, -0.2) is 14.8 Å². The summed E-state index contributed by atoms with van der Waals surface area (Å²) in [5.41, 5.74) is 2.71. The molecular weight excluding hydrogens is 336 g/mol. The van der Waals surface area contributed by atoms with Crippen LogP contribution in [0.25, 0.3) is 33.0 Å². The second kappa shape index (κ2) is 7.06. The lowest BCUT2D eigenvalue weighted by molar-refractivity contribution is 0.989. The van der Waals surface area contributed by atoms with Crippen LogP contribution >= 0.6 is 0 Å².